The number of piperidine rings is 1. The van der Waals surface area contributed by atoms with E-state index in [1.54, 1.807) is 0 Å². The summed E-state index contributed by atoms with van der Waals surface area (Å²) in [6.07, 6.45) is 1.50. The summed E-state index contributed by atoms with van der Waals surface area (Å²) in [6.45, 7) is 2.55. The molecule has 0 aliphatic carbocycles. The van der Waals surface area contributed by atoms with Gasteiger partial charge in [0.2, 0.25) is 0 Å². The van der Waals surface area contributed by atoms with Crippen LogP contribution in [0.2, 0.25) is 0 Å². The molecule has 3 nitrogen and oxygen atoms in total. The summed E-state index contributed by atoms with van der Waals surface area (Å²) in [6, 6.07) is 14.5. The Balaban J connectivity index is 1.95. The maximum absolute atomic E-state index is 11.9. The normalized spacial score (nSPS) is 20.0. The number of nitrogens with zero attached hydrogens (tertiary/aromatic N) is 1. The van der Waals surface area contributed by atoms with Gasteiger partial charge in [-0.2, -0.15) is 0 Å². The molecular formula is C18H17NO2. The van der Waals surface area contributed by atoms with Crippen LogP contribution in [0.4, 0.5) is 5.69 Å². The van der Waals surface area contributed by atoms with Gasteiger partial charge < -0.3 is 9.64 Å². The highest BCUT2D eigenvalue weighted by Gasteiger charge is 2.34. The van der Waals surface area contributed by atoms with E-state index in [9.17, 15) is 4.79 Å². The SMILES string of the molecule is Cc1cccc2c1Oc1ccccc1N1CC(=O)CCC21. The van der Waals surface area contributed by atoms with Crippen molar-refractivity contribution in [3.05, 3.63) is 53.6 Å². The molecule has 21 heavy (non-hydrogen) atoms. The number of carbonyl (C=O) groups excluding carboxylic acids is 1. The van der Waals surface area contributed by atoms with Crippen LogP contribution in [-0.4, -0.2) is 12.3 Å². The maximum atomic E-state index is 11.9. The minimum Gasteiger partial charge on any atom is -0.455 e. The molecule has 0 bridgehead atoms. The lowest BCUT2D eigenvalue weighted by Crippen LogP contribution is -2.38. The minimum atomic E-state index is 0.223. The lowest BCUT2D eigenvalue weighted by atomic mass is 9.92. The van der Waals surface area contributed by atoms with Crippen LogP contribution in [0.25, 0.3) is 0 Å². The molecule has 0 saturated carbocycles. The average Bonchev–Trinajstić information content (AvgIpc) is 2.63. The third-order valence-corrected chi connectivity index (χ3v) is 4.41. The number of ketones is 1. The fourth-order valence-corrected chi connectivity index (χ4v) is 3.38. The van der Waals surface area contributed by atoms with Crippen molar-refractivity contribution in [3.63, 3.8) is 0 Å². The van der Waals surface area contributed by atoms with Gasteiger partial charge in [0.05, 0.1) is 18.3 Å². The Morgan fingerprint density at radius 1 is 1.14 bits per heavy atom. The van der Waals surface area contributed by atoms with E-state index in [0.29, 0.717) is 18.7 Å². The lowest BCUT2D eigenvalue weighted by Gasteiger charge is -2.35. The summed E-state index contributed by atoms with van der Waals surface area (Å²) >= 11 is 0. The van der Waals surface area contributed by atoms with Crippen LogP contribution in [0.15, 0.2) is 42.5 Å². The highest BCUT2D eigenvalue weighted by atomic mass is 16.5. The van der Waals surface area contributed by atoms with E-state index in [4.69, 9.17) is 4.74 Å². The number of aryl methyl sites for hydroxylation is 1. The van der Waals surface area contributed by atoms with Gasteiger partial charge in [-0.05, 0) is 31.0 Å². The number of para-hydroxylation sites is 3. The molecule has 1 fully saturated rings. The first-order valence-electron chi connectivity index (χ1n) is 7.39. The zero-order valence-electron chi connectivity index (χ0n) is 12.0. The van der Waals surface area contributed by atoms with Crippen LogP contribution in [0.3, 0.4) is 0 Å². The largest absolute Gasteiger partial charge is 0.455 e. The van der Waals surface area contributed by atoms with E-state index >= 15 is 0 Å². The molecule has 1 unspecified atom stereocenters. The van der Waals surface area contributed by atoms with Crippen molar-refractivity contribution in [1.82, 2.24) is 0 Å². The summed E-state index contributed by atoms with van der Waals surface area (Å²) in [5.74, 6) is 2.09. The van der Waals surface area contributed by atoms with Crippen molar-refractivity contribution in [2.24, 2.45) is 0 Å². The highest BCUT2D eigenvalue weighted by molar-refractivity contribution is 5.86. The predicted molar refractivity (Wildman–Crippen MR) is 82.0 cm³/mol. The second kappa shape index (κ2) is 4.62. The van der Waals surface area contributed by atoms with E-state index < -0.39 is 0 Å². The Labute approximate surface area is 124 Å². The fourth-order valence-electron chi connectivity index (χ4n) is 3.38. The first-order chi connectivity index (χ1) is 10.2. The number of benzene rings is 2. The summed E-state index contributed by atoms with van der Waals surface area (Å²) < 4.78 is 6.21. The van der Waals surface area contributed by atoms with Crippen molar-refractivity contribution in [2.75, 3.05) is 11.4 Å². The number of ether oxygens (including phenoxy) is 1. The van der Waals surface area contributed by atoms with Crippen LogP contribution in [-0.2, 0) is 4.79 Å². The number of hydrogen-bond acceptors (Lipinski definition) is 3. The maximum Gasteiger partial charge on any atom is 0.152 e. The molecule has 106 valence electrons. The molecule has 1 saturated heterocycles. The Bertz CT molecular complexity index is 723. The topological polar surface area (TPSA) is 29.5 Å². The van der Waals surface area contributed by atoms with Gasteiger partial charge in [-0.25, -0.2) is 0 Å². The quantitative estimate of drug-likeness (QED) is 0.729. The Hall–Kier alpha value is -2.29. The summed E-state index contributed by atoms with van der Waals surface area (Å²) in [4.78, 5) is 14.1. The van der Waals surface area contributed by atoms with Gasteiger partial charge in [-0.3, -0.25) is 4.79 Å². The van der Waals surface area contributed by atoms with Gasteiger partial charge in [0.15, 0.2) is 11.5 Å². The molecule has 1 atom stereocenters. The summed E-state index contributed by atoms with van der Waals surface area (Å²) in [5.41, 5.74) is 3.35. The zero-order chi connectivity index (χ0) is 14.4. The van der Waals surface area contributed by atoms with Crippen molar-refractivity contribution in [2.45, 2.75) is 25.8 Å². The van der Waals surface area contributed by atoms with Gasteiger partial charge in [-0.15, -0.1) is 0 Å². The van der Waals surface area contributed by atoms with Crippen molar-refractivity contribution >= 4 is 11.5 Å². The Kier molecular flexibility index (Phi) is 2.74. The second-order valence-corrected chi connectivity index (χ2v) is 5.78. The number of rotatable bonds is 0. The molecule has 2 aromatic carbocycles. The monoisotopic (exact) mass is 279 g/mol. The fraction of sp³-hybridized carbons (Fsp3) is 0.278. The summed E-state index contributed by atoms with van der Waals surface area (Å²) in [7, 11) is 0. The third kappa shape index (κ3) is 1.92. The Morgan fingerprint density at radius 3 is 2.90 bits per heavy atom. The van der Waals surface area contributed by atoms with Gasteiger partial charge in [-0.1, -0.05) is 30.3 Å². The lowest BCUT2D eigenvalue weighted by molar-refractivity contribution is -0.118. The molecule has 3 heteroatoms. The van der Waals surface area contributed by atoms with E-state index in [1.165, 1.54) is 5.56 Å². The van der Waals surface area contributed by atoms with Crippen LogP contribution >= 0.6 is 0 Å². The number of fused-ring (bicyclic) bond motifs is 5. The number of anilines is 1. The molecule has 4 rings (SSSR count). The second-order valence-electron chi connectivity index (χ2n) is 5.78. The van der Waals surface area contributed by atoms with Crippen molar-refractivity contribution in [1.29, 1.82) is 0 Å². The average molecular weight is 279 g/mol. The molecule has 2 heterocycles. The summed E-state index contributed by atoms with van der Waals surface area (Å²) in [5, 5.41) is 0. The van der Waals surface area contributed by atoms with E-state index in [-0.39, 0.29) is 6.04 Å². The zero-order valence-corrected chi connectivity index (χ0v) is 12.0. The highest BCUT2D eigenvalue weighted by Crippen LogP contribution is 2.47. The first kappa shape index (κ1) is 12.5. The molecule has 0 aromatic heterocycles. The molecule has 0 amide bonds. The number of Topliss-reactive ketones (excluding diaryl/α,β-unsaturated/α-hetero) is 1. The molecule has 0 spiro atoms. The van der Waals surface area contributed by atoms with Crippen molar-refractivity contribution in [3.8, 4) is 11.5 Å². The van der Waals surface area contributed by atoms with Crippen molar-refractivity contribution < 1.29 is 9.53 Å². The number of hydrogen-bond donors (Lipinski definition) is 0. The molecule has 2 aliphatic heterocycles. The Morgan fingerprint density at radius 2 is 2.00 bits per heavy atom. The van der Waals surface area contributed by atoms with Gasteiger partial charge >= 0.3 is 0 Å². The molecule has 0 N–H and O–H groups in total. The van der Waals surface area contributed by atoms with Crippen LogP contribution in [0.5, 0.6) is 11.5 Å². The van der Waals surface area contributed by atoms with E-state index in [2.05, 4.69) is 30.0 Å². The smallest absolute Gasteiger partial charge is 0.152 e. The van der Waals surface area contributed by atoms with E-state index in [0.717, 1.165) is 29.2 Å². The first-order valence-corrected chi connectivity index (χ1v) is 7.39. The van der Waals surface area contributed by atoms with Gasteiger partial charge in [0.25, 0.3) is 0 Å². The van der Waals surface area contributed by atoms with Gasteiger partial charge in [0.1, 0.15) is 5.75 Å². The van der Waals surface area contributed by atoms with Crippen LogP contribution in [0.1, 0.15) is 30.0 Å². The molecule has 2 aromatic rings. The van der Waals surface area contributed by atoms with Crippen LogP contribution < -0.4 is 9.64 Å². The van der Waals surface area contributed by atoms with Gasteiger partial charge in [0, 0.05) is 12.0 Å². The number of carbonyl (C=O) groups is 1. The van der Waals surface area contributed by atoms with Crippen LogP contribution in [0, 0.1) is 6.92 Å². The predicted octanol–water partition coefficient (Wildman–Crippen LogP) is 4.01. The van der Waals surface area contributed by atoms with E-state index in [1.807, 2.05) is 24.3 Å². The molecule has 0 radical (unpaired) electrons. The molecule has 2 aliphatic rings. The minimum absolute atomic E-state index is 0.223. The molecular weight excluding hydrogens is 262 g/mol. The third-order valence-electron chi connectivity index (χ3n) is 4.41. The standard InChI is InChI=1S/C18H17NO2/c1-12-5-4-6-14-15-10-9-13(20)11-19(15)16-7-2-3-8-17(16)21-18(12)14/h2-8,15H,9-11H2,1H3.